The third-order valence-electron chi connectivity index (χ3n) is 3.70. The molecule has 122 valence electrons. The highest BCUT2D eigenvalue weighted by atomic mass is 16.6. The van der Waals surface area contributed by atoms with Crippen LogP contribution in [0.5, 0.6) is 0 Å². The van der Waals surface area contributed by atoms with Crippen molar-refractivity contribution in [2.24, 2.45) is 0 Å². The number of carbonyl (C=O) groups is 1. The van der Waals surface area contributed by atoms with Crippen LogP contribution in [0.15, 0.2) is 25.0 Å². The molecule has 0 aliphatic carbocycles. The SMILES string of the molecule is CCOC(=O)N1CCN(c2ncnc(-n3ccnc3)c2N)CC1. The fourth-order valence-corrected chi connectivity index (χ4v) is 2.54. The number of aromatic nitrogens is 4. The van der Waals surface area contributed by atoms with Crippen LogP contribution >= 0.6 is 0 Å². The molecular weight excluding hydrogens is 298 g/mol. The second kappa shape index (κ2) is 6.51. The quantitative estimate of drug-likeness (QED) is 0.880. The van der Waals surface area contributed by atoms with Crippen molar-refractivity contribution in [3.05, 3.63) is 25.0 Å². The van der Waals surface area contributed by atoms with E-state index in [9.17, 15) is 4.79 Å². The summed E-state index contributed by atoms with van der Waals surface area (Å²) in [6, 6.07) is 0. The molecule has 2 aromatic heterocycles. The van der Waals surface area contributed by atoms with E-state index in [1.807, 2.05) is 4.90 Å². The molecule has 1 fully saturated rings. The molecule has 1 aliphatic rings. The first-order valence-electron chi connectivity index (χ1n) is 7.46. The lowest BCUT2D eigenvalue weighted by atomic mass is 10.3. The molecule has 0 saturated carbocycles. The summed E-state index contributed by atoms with van der Waals surface area (Å²) < 4.78 is 6.77. The van der Waals surface area contributed by atoms with Crippen LogP contribution in [-0.4, -0.2) is 63.3 Å². The Bertz CT molecular complexity index is 666. The standard InChI is InChI=1S/C14H19N7O2/c1-2-23-14(22)20-7-5-19(6-8-20)12-11(15)13(18-9-17-12)21-4-3-16-10-21/h3-4,9-10H,2,5-8,15H2,1H3. The Morgan fingerprint density at radius 3 is 2.65 bits per heavy atom. The number of amides is 1. The second-order valence-corrected chi connectivity index (χ2v) is 5.08. The van der Waals surface area contributed by atoms with Crippen molar-refractivity contribution in [2.45, 2.75) is 6.92 Å². The summed E-state index contributed by atoms with van der Waals surface area (Å²) in [5.74, 6) is 1.27. The Labute approximate surface area is 133 Å². The van der Waals surface area contributed by atoms with Gasteiger partial charge in [-0.3, -0.25) is 4.57 Å². The highest BCUT2D eigenvalue weighted by Crippen LogP contribution is 2.25. The van der Waals surface area contributed by atoms with Crippen molar-refractivity contribution in [1.82, 2.24) is 24.4 Å². The molecule has 0 spiro atoms. The van der Waals surface area contributed by atoms with E-state index in [0.717, 1.165) is 0 Å². The Hall–Kier alpha value is -2.84. The van der Waals surface area contributed by atoms with E-state index >= 15 is 0 Å². The maximum absolute atomic E-state index is 11.7. The van der Waals surface area contributed by atoms with Gasteiger partial charge in [-0.2, -0.15) is 0 Å². The van der Waals surface area contributed by atoms with Crippen molar-refractivity contribution in [3.8, 4) is 5.82 Å². The molecule has 1 amide bonds. The molecule has 9 heteroatoms. The first-order valence-corrected chi connectivity index (χ1v) is 7.46. The molecule has 0 radical (unpaired) electrons. The molecule has 3 heterocycles. The van der Waals surface area contributed by atoms with Gasteiger partial charge < -0.3 is 20.3 Å². The van der Waals surface area contributed by atoms with Gasteiger partial charge in [-0.25, -0.2) is 19.7 Å². The first-order chi connectivity index (χ1) is 11.2. The van der Waals surface area contributed by atoms with E-state index in [-0.39, 0.29) is 6.09 Å². The van der Waals surface area contributed by atoms with Gasteiger partial charge in [0, 0.05) is 38.6 Å². The predicted octanol–water partition coefficient (Wildman–Crippen LogP) is 0.523. The van der Waals surface area contributed by atoms with Gasteiger partial charge in [-0.05, 0) is 6.92 Å². The zero-order valence-electron chi connectivity index (χ0n) is 12.9. The van der Waals surface area contributed by atoms with Crippen LogP contribution in [0.3, 0.4) is 0 Å². The molecule has 9 nitrogen and oxygen atoms in total. The normalized spacial score (nSPS) is 14.8. The van der Waals surface area contributed by atoms with E-state index in [1.54, 1.807) is 35.1 Å². The van der Waals surface area contributed by atoms with Crippen LogP contribution in [0.4, 0.5) is 16.3 Å². The van der Waals surface area contributed by atoms with Crippen molar-refractivity contribution in [2.75, 3.05) is 43.4 Å². The number of rotatable bonds is 3. The zero-order chi connectivity index (χ0) is 16.2. The van der Waals surface area contributed by atoms with Crippen LogP contribution in [-0.2, 0) is 4.74 Å². The molecule has 0 atom stereocenters. The number of ether oxygens (including phenoxy) is 1. The van der Waals surface area contributed by atoms with Gasteiger partial charge in [-0.1, -0.05) is 0 Å². The van der Waals surface area contributed by atoms with Gasteiger partial charge in [0.15, 0.2) is 11.6 Å². The van der Waals surface area contributed by atoms with Crippen LogP contribution in [0.2, 0.25) is 0 Å². The van der Waals surface area contributed by atoms with Crippen LogP contribution in [0.1, 0.15) is 6.92 Å². The van der Waals surface area contributed by atoms with E-state index in [0.29, 0.717) is 50.1 Å². The molecule has 2 aromatic rings. The molecule has 0 aromatic carbocycles. The maximum Gasteiger partial charge on any atom is 0.409 e. The minimum atomic E-state index is -0.276. The number of hydrogen-bond acceptors (Lipinski definition) is 7. The monoisotopic (exact) mass is 317 g/mol. The summed E-state index contributed by atoms with van der Waals surface area (Å²) in [4.78, 5) is 28.0. The maximum atomic E-state index is 11.7. The number of piperazine rings is 1. The summed E-state index contributed by atoms with van der Waals surface area (Å²) in [7, 11) is 0. The molecule has 1 aliphatic heterocycles. The fraction of sp³-hybridized carbons (Fsp3) is 0.429. The number of hydrogen-bond donors (Lipinski definition) is 1. The zero-order valence-corrected chi connectivity index (χ0v) is 12.9. The number of anilines is 2. The van der Waals surface area contributed by atoms with Gasteiger partial charge in [0.25, 0.3) is 0 Å². The van der Waals surface area contributed by atoms with Crippen molar-refractivity contribution >= 4 is 17.6 Å². The number of imidazole rings is 1. The number of carbonyl (C=O) groups excluding carboxylic acids is 1. The minimum Gasteiger partial charge on any atom is -0.450 e. The van der Waals surface area contributed by atoms with Crippen LogP contribution in [0, 0.1) is 0 Å². The summed E-state index contributed by atoms with van der Waals surface area (Å²) in [6.45, 7) is 4.61. The summed E-state index contributed by atoms with van der Waals surface area (Å²) >= 11 is 0. The van der Waals surface area contributed by atoms with Crippen molar-refractivity contribution in [3.63, 3.8) is 0 Å². The third-order valence-corrected chi connectivity index (χ3v) is 3.70. The predicted molar refractivity (Wildman–Crippen MR) is 84.4 cm³/mol. The lowest BCUT2D eigenvalue weighted by molar-refractivity contribution is 0.105. The van der Waals surface area contributed by atoms with Crippen LogP contribution in [0.25, 0.3) is 5.82 Å². The molecule has 0 unspecified atom stereocenters. The molecule has 0 bridgehead atoms. The van der Waals surface area contributed by atoms with E-state index in [4.69, 9.17) is 10.5 Å². The lowest BCUT2D eigenvalue weighted by Gasteiger charge is -2.35. The van der Waals surface area contributed by atoms with Crippen molar-refractivity contribution in [1.29, 1.82) is 0 Å². The Balaban J connectivity index is 1.74. The van der Waals surface area contributed by atoms with E-state index < -0.39 is 0 Å². The first kappa shape index (κ1) is 15.1. The fourth-order valence-electron chi connectivity index (χ4n) is 2.54. The Kier molecular flexibility index (Phi) is 4.26. The van der Waals surface area contributed by atoms with Crippen LogP contribution < -0.4 is 10.6 Å². The summed E-state index contributed by atoms with van der Waals surface area (Å²) in [6.07, 6.45) is 6.29. The molecule has 1 saturated heterocycles. The average Bonchev–Trinajstić information content (AvgIpc) is 3.10. The smallest absolute Gasteiger partial charge is 0.409 e. The molecular formula is C14H19N7O2. The second-order valence-electron chi connectivity index (χ2n) is 5.08. The molecule has 2 N–H and O–H groups in total. The van der Waals surface area contributed by atoms with Gasteiger partial charge >= 0.3 is 6.09 Å². The topological polar surface area (TPSA) is 102 Å². The lowest BCUT2D eigenvalue weighted by Crippen LogP contribution is -2.49. The highest BCUT2D eigenvalue weighted by molar-refractivity contribution is 5.71. The van der Waals surface area contributed by atoms with Gasteiger partial charge in [0.2, 0.25) is 0 Å². The van der Waals surface area contributed by atoms with Gasteiger partial charge in [0.05, 0.1) is 6.61 Å². The number of nitrogens with zero attached hydrogens (tertiary/aromatic N) is 6. The third kappa shape index (κ3) is 3.03. The Morgan fingerprint density at radius 1 is 1.26 bits per heavy atom. The van der Waals surface area contributed by atoms with Crippen molar-refractivity contribution < 1.29 is 9.53 Å². The summed E-state index contributed by atoms with van der Waals surface area (Å²) in [5, 5.41) is 0. The summed E-state index contributed by atoms with van der Waals surface area (Å²) in [5.41, 5.74) is 6.72. The number of nitrogen functional groups attached to an aromatic ring is 1. The molecule has 3 rings (SSSR count). The average molecular weight is 317 g/mol. The molecule has 23 heavy (non-hydrogen) atoms. The van der Waals surface area contributed by atoms with Gasteiger partial charge in [0.1, 0.15) is 18.3 Å². The number of nitrogens with two attached hydrogens (primary N) is 1. The van der Waals surface area contributed by atoms with E-state index in [1.165, 1.54) is 6.33 Å². The van der Waals surface area contributed by atoms with Gasteiger partial charge in [-0.15, -0.1) is 0 Å². The van der Waals surface area contributed by atoms with E-state index in [2.05, 4.69) is 15.0 Å². The minimum absolute atomic E-state index is 0.276. The largest absolute Gasteiger partial charge is 0.450 e. The Morgan fingerprint density at radius 2 is 2.00 bits per heavy atom. The highest BCUT2D eigenvalue weighted by Gasteiger charge is 2.24.